The summed E-state index contributed by atoms with van der Waals surface area (Å²) in [7, 11) is 0. The van der Waals surface area contributed by atoms with E-state index < -0.39 is 0 Å². The Labute approximate surface area is 140 Å². The topological polar surface area (TPSA) is 44.5 Å². The van der Waals surface area contributed by atoms with E-state index in [2.05, 4.69) is 0 Å². The van der Waals surface area contributed by atoms with Gasteiger partial charge in [-0.2, -0.15) is 0 Å². The van der Waals surface area contributed by atoms with E-state index in [9.17, 15) is 0 Å². The van der Waals surface area contributed by atoms with E-state index in [1.807, 2.05) is 43.3 Å². The monoisotopic (exact) mass is 339 g/mol. The van der Waals surface area contributed by atoms with Crippen LogP contribution >= 0.6 is 23.2 Å². The highest BCUT2D eigenvalue weighted by Crippen LogP contribution is 2.37. The summed E-state index contributed by atoms with van der Waals surface area (Å²) in [6, 6.07) is 11.3. The molecule has 0 saturated carbocycles. The zero-order valence-electron chi connectivity index (χ0n) is 12.4. The van der Waals surface area contributed by atoms with E-state index in [0.717, 1.165) is 17.5 Å². The molecule has 0 aromatic heterocycles. The molecule has 0 fully saturated rings. The van der Waals surface area contributed by atoms with Crippen LogP contribution in [-0.2, 0) is 13.0 Å². The minimum absolute atomic E-state index is 0.372. The summed E-state index contributed by atoms with van der Waals surface area (Å²) in [6.07, 6.45) is 0.744. The van der Waals surface area contributed by atoms with Crippen molar-refractivity contribution in [1.82, 2.24) is 0 Å². The van der Waals surface area contributed by atoms with Gasteiger partial charge in [0.2, 0.25) is 0 Å². The van der Waals surface area contributed by atoms with Gasteiger partial charge in [0.05, 0.1) is 11.6 Å². The number of nitrogens with two attached hydrogens (primary N) is 1. The summed E-state index contributed by atoms with van der Waals surface area (Å²) in [5.74, 6) is 1.18. The molecule has 2 rings (SSSR count). The lowest BCUT2D eigenvalue weighted by atomic mass is 10.1. The van der Waals surface area contributed by atoms with Crippen molar-refractivity contribution in [3.63, 3.8) is 0 Å². The molecular formula is C17H19Cl2NO2. The first-order chi connectivity index (χ1) is 10.6. The first-order valence-corrected chi connectivity index (χ1v) is 7.92. The van der Waals surface area contributed by atoms with E-state index in [-0.39, 0.29) is 0 Å². The second-order valence-electron chi connectivity index (χ2n) is 4.80. The third kappa shape index (κ3) is 4.54. The Balaban J connectivity index is 2.21. The summed E-state index contributed by atoms with van der Waals surface area (Å²) in [6.45, 7) is 3.39. The average Bonchev–Trinajstić information content (AvgIpc) is 2.47. The predicted molar refractivity (Wildman–Crippen MR) is 91.2 cm³/mol. The quantitative estimate of drug-likeness (QED) is 0.809. The molecule has 0 aliphatic heterocycles. The molecule has 3 nitrogen and oxygen atoms in total. The lowest BCUT2D eigenvalue weighted by molar-refractivity contribution is 0.269. The summed E-state index contributed by atoms with van der Waals surface area (Å²) in [5, 5.41) is 1.20. The zero-order chi connectivity index (χ0) is 15.9. The fourth-order valence-electron chi connectivity index (χ4n) is 2.12. The molecule has 0 radical (unpaired) electrons. The van der Waals surface area contributed by atoms with Gasteiger partial charge in [-0.3, -0.25) is 0 Å². The van der Waals surface area contributed by atoms with Crippen molar-refractivity contribution < 1.29 is 9.47 Å². The first kappa shape index (κ1) is 16.9. The third-order valence-electron chi connectivity index (χ3n) is 3.07. The van der Waals surface area contributed by atoms with Gasteiger partial charge >= 0.3 is 0 Å². The largest absolute Gasteiger partial charge is 0.490 e. The van der Waals surface area contributed by atoms with Crippen LogP contribution in [0.3, 0.4) is 0 Å². The van der Waals surface area contributed by atoms with Gasteiger partial charge in [0, 0.05) is 5.02 Å². The summed E-state index contributed by atoms with van der Waals surface area (Å²) in [5.41, 5.74) is 7.60. The van der Waals surface area contributed by atoms with Crippen molar-refractivity contribution in [2.45, 2.75) is 20.0 Å². The maximum Gasteiger partial charge on any atom is 0.180 e. The van der Waals surface area contributed by atoms with Gasteiger partial charge in [0.1, 0.15) is 6.61 Å². The molecule has 5 heteroatoms. The molecule has 0 aliphatic rings. The zero-order valence-corrected chi connectivity index (χ0v) is 14.0. The average molecular weight is 340 g/mol. The Morgan fingerprint density at radius 3 is 2.55 bits per heavy atom. The third-order valence-corrected chi connectivity index (χ3v) is 3.59. The first-order valence-electron chi connectivity index (χ1n) is 7.16. The lowest BCUT2D eigenvalue weighted by Crippen LogP contribution is -2.05. The van der Waals surface area contributed by atoms with Crippen molar-refractivity contribution in [2.24, 2.45) is 5.73 Å². The Kier molecular flexibility index (Phi) is 6.37. The minimum atomic E-state index is 0.372. The van der Waals surface area contributed by atoms with Gasteiger partial charge in [0.15, 0.2) is 11.5 Å². The van der Waals surface area contributed by atoms with Crippen molar-refractivity contribution in [3.8, 4) is 11.5 Å². The summed E-state index contributed by atoms with van der Waals surface area (Å²) in [4.78, 5) is 0. The SMILES string of the molecule is CCOc1cc(CCN)cc(Cl)c1OCc1cccc(Cl)c1. The van der Waals surface area contributed by atoms with E-state index in [1.54, 1.807) is 0 Å². The Morgan fingerprint density at radius 1 is 1.05 bits per heavy atom. The van der Waals surface area contributed by atoms with Gasteiger partial charge in [-0.15, -0.1) is 0 Å². The molecule has 0 atom stereocenters. The van der Waals surface area contributed by atoms with E-state index >= 15 is 0 Å². The maximum absolute atomic E-state index is 6.33. The Morgan fingerprint density at radius 2 is 1.86 bits per heavy atom. The van der Waals surface area contributed by atoms with Gasteiger partial charge in [-0.05, 0) is 55.3 Å². The number of halogens is 2. The molecule has 2 N–H and O–H groups in total. The second kappa shape index (κ2) is 8.28. The molecule has 0 spiro atoms. The van der Waals surface area contributed by atoms with Gasteiger partial charge in [0.25, 0.3) is 0 Å². The van der Waals surface area contributed by atoms with Crippen molar-refractivity contribution >= 4 is 23.2 Å². The molecule has 2 aromatic carbocycles. The fourth-order valence-corrected chi connectivity index (χ4v) is 2.62. The van der Waals surface area contributed by atoms with Gasteiger partial charge in [-0.25, -0.2) is 0 Å². The van der Waals surface area contributed by atoms with Gasteiger partial charge < -0.3 is 15.2 Å². The van der Waals surface area contributed by atoms with Crippen LogP contribution < -0.4 is 15.2 Å². The Bertz CT molecular complexity index is 632. The lowest BCUT2D eigenvalue weighted by Gasteiger charge is -2.15. The standard InChI is InChI=1S/C17H19Cl2NO2/c1-2-21-16-10-12(6-7-20)9-15(19)17(16)22-11-13-4-3-5-14(18)8-13/h3-5,8-10H,2,6-7,11,20H2,1H3. The minimum Gasteiger partial charge on any atom is -0.490 e. The molecule has 0 amide bonds. The van der Waals surface area contributed by atoms with Gasteiger partial charge in [-0.1, -0.05) is 35.3 Å². The van der Waals surface area contributed by atoms with Crippen molar-refractivity contribution in [2.75, 3.05) is 13.2 Å². The summed E-state index contributed by atoms with van der Waals surface area (Å²) >= 11 is 12.3. The van der Waals surface area contributed by atoms with Crippen LogP contribution in [0.2, 0.25) is 10.0 Å². The van der Waals surface area contributed by atoms with Crippen LogP contribution in [0.1, 0.15) is 18.1 Å². The van der Waals surface area contributed by atoms with Crippen LogP contribution in [0.4, 0.5) is 0 Å². The fraction of sp³-hybridized carbons (Fsp3) is 0.294. The highest BCUT2D eigenvalue weighted by molar-refractivity contribution is 6.32. The van der Waals surface area contributed by atoms with E-state index in [0.29, 0.717) is 41.3 Å². The molecule has 0 saturated heterocycles. The number of benzene rings is 2. The molecule has 0 bridgehead atoms. The Hall–Kier alpha value is -1.42. The van der Waals surface area contributed by atoms with Crippen LogP contribution in [0.15, 0.2) is 36.4 Å². The summed E-state index contributed by atoms with van der Waals surface area (Å²) < 4.78 is 11.5. The highest BCUT2D eigenvalue weighted by atomic mass is 35.5. The molecule has 118 valence electrons. The number of ether oxygens (including phenoxy) is 2. The highest BCUT2D eigenvalue weighted by Gasteiger charge is 2.13. The molecule has 0 aliphatic carbocycles. The maximum atomic E-state index is 6.33. The number of hydrogen-bond donors (Lipinski definition) is 1. The van der Waals surface area contributed by atoms with E-state index in [1.165, 1.54) is 0 Å². The molecule has 22 heavy (non-hydrogen) atoms. The van der Waals surface area contributed by atoms with Crippen LogP contribution in [0, 0.1) is 0 Å². The number of hydrogen-bond acceptors (Lipinski definition) is 3. The second-order valence-corrected chi connectivity index (χ2v) is 5.64. The van der Waals surface area contributed by atoms with E-state index in [4.69, 9.17) is 38.4 Å². The van der Waals surface area contributed by atoms with Crippen molar-refractivity contribution in [3.05, 3.63) is 57.6 Å². The smallest absolute Gasteiger partial charge is 0.180 e. The molecular weight excluding hydrogens is 321 g/mol. The number of rotatable bonds is 7. The van der Waals surface area contributed by atoms with Crippen LogP contribution in [0.25, 0.3) is 0 Å². The molecule has 0 heterocycles. The molecule has 2 aromatic rings. The predicted octanol–water partition coefficient (Wildman–Crippen LogP) is 4.47. The normalized spacial score (nSPS) is 10.5. The molecule has 0 unspecified atom stereocenters. The van der Waals surface area contributed by atoms with Crippen LogP contribution in [0.5, 0.6) is 11.5 Å². The van der Waals surface area contributed by atoms with Crippen LogP contribution in [-0.4, -0.2) is 13.2 Å². The van der Waals surface area contributed by atoms with Crippen molar-refractivity contribution in [1.29, 1.82) is 0 Å².